The molecule has 8 heteroatoms. The highest BCUT2D eigenvalue weighted by Gasteiger charge is 2.20. The van der Waals surface area contributed by atoms with Gasteiger partial charge in [-0.2, -0.15) is 5.26 Å². The molecule has 0 amide bonds. The van der Waals surface area contributed by atoms with Crippen molar-refractivity contribution in [3.05, 3.63) is 50.7 Å². The van der Waals surface area contributed by atoms with Gasteiger partial charge in [0.05, 0.1) is 18.2 Å². The van der Waals surface area contributed by atoms with Crippen LogP contribution in [0, 0.1) is 17.2 Å². The van der Waals surface area contributed by atoms with Gasteiger partial charge in [-0.3, -0.25) is 14.3 Å². The van der Waals surface area contributed by atoms with Crippen LogP contribution in [0.2, 0.25) is 0 Å². The molecule has 0 aliphatic carbocycles. The van der Waals surface area contributed by atoms with Crippen LogP contribution in [0.1, 0.15) is 19.4 Å². The molecule has 0 radical (unpaired) electrons. The minimum absolute atomic E-state index is 0.208. The van der Waals surface area contributed by atoms with Crippen LogP contribution in [-0.4, -0.2) is 32.8 Å². The number of H-pyrrole nitrogens is 1. The van der Waals surface area contributed by atoms with Crippen molar-refractivity contribution in [1.82, 2.24) is 19.1 Å². The number of imidazole rings is 1. The first kappa shape index (κ1) is 18.6. The van der Waals surface area contributed by atoms with Gasteiger partial charge in [0.15, 0.2) is 11.2 Å². The number of nitrogens with zero attached hydrogens (tertiary/aromatic N) is 4. The maximum atomic E-state index is 12.6. The molecule has 0 fully saturated rings. The molecule has 3 rings (SSSR count). The van der Waals surface area contributed by atoms with Crippen LogP contribution >= 0.6 is 0 Å². The number of hydrogen-bond acceptors (Lipinski definition) is 5. The maximum Gasteiger partial charge on any atom is 0.330 e. The molecular weight excluding hydrogens is 346 g/mol. The number of methoxy groups -OCH3 is 1. The van der Waals surface area contributed by atoms with E-state index in [2.05, 4.69) is 16.0 Å². The van der Waals surface area contributed by atoms with Crippen molar-refractivity contribution in [3.63, 3.8) is 0 Å². The molecule has 0 saturated carbocycles. The van der Waals surface area contributed by atoms with Crippen LogP contribution in [0.3, 0.4) is 0 Å². The van der Waals surface area contributed by atoms with E-state index in [0.29, 0.717) is 42.2 Å². The summed E-state index contributed by atoms with van der Waals surface area (Å²) in [6, 6.07) is 9.03. The lowest BCUT2D eigenvalue weighted by molar-refractivity contribution is 0.188. The van der Waals surface area contributed by atoms with Crippen molar-refractivity contribution in [1.29, 1.82) is 5.26 Å². The molecule has 0 spiro atoms. The van der Waals surface area contributed by atoms with E-state index < -0.39 is 11.2 Å². The Morgan fingerprint density at radius 1 is 1.22 bits per heavy atom. The summed E-state index contributed by atoms with van der Waals surface area (Å²) in [6.45, 7) is 5.22. The van der Waals surface area contributed by atoms with Crippen LogP contribution in [0.15, 0.2) is 33.9 Å². The molecular formula is C19H21N5O3. The van der Waals surface area contributed by atoms with E-state index in [1.807, 2.05) is 13.8 Å². The molecule has 8 nitrogen and oxygen atoms in total. The number of nitriles is 1. The summed E-state index contributed by atoms with van der Waals surface area (Å²) < 4.78 is 8.43. The number of hydrogen-bond donors (Lipinski definition) is 1. The third kappa shape index (κ3) is 3.55. The number of nitrogens with one attached hydrogen (secondary N) is 1. The average molecular weight is 367 g/mol. The quantitative estimate of drug-likeness (QED) is 0.714. The van der Waals surface area contributed by atoms with Crippen LogP contribution in [0.25, 0.3) is 22.6 Å². The summed E-state index contributed by atoms with van der Waals surface area (Å²) in [5.41, 5.74) is 1.04. The number of rotatable bonds is 6. The van der Waals surface area contributed by atoms with Gasteiger partial charge in [0, 0.05) is 25.8 Å². The SMILES string of the molecule is COCCn1c(-c2ccc(C#N)cc2)nc2c1c(=O)[nH]c(=O)n2CC(C)C. The van der Waals surface area contributed by atoms with Gasteiger partial charge in [-0.1, -0.05) is 13.8 Å². The number of aromatic amines is 1. The Morgan fingerprint density at radius 2 is 1.93 bits per heavy atom. The van der Waals surface area contributed by atoms with Crippen molar-refractivity contribution in [3.8, 4) is 17.5 Å². The Balaban J connectivity index is 2.31. The van der Waals surface area contributed by atoms with Crippen molar-refractivity contribution < 1.29 is 4.74 Å². The summed E-state index contributed by atoms with van der Waals surface area (Å²) >= 11 is 0. The van der Waals surface area contributed by atoms with Crippen LogP contribution < -0.4 is 11.2 Å². The van der Waals surface area contributed by atoms with E-state index in [4.69, 9.17) is 10.00 Å². The molecule has 140 valence electrons. The van der Waals surface area contributed by atoms with Gasteiger partial charge >= 0.3 is 5.69 Å². The van der Waals surface area contributed by atoms with Crippen molar-refractivity contribution in [2.75, 3.05) is 13.7 Å². The lowest BCUT2D eigenvalue weighted by Gasteiger charge is -2.10. The third-order valence-corrected chi connectivity index (χ3v) is 4.22. The second-order valence-electron chi connectivity index (χ2n) is 6.70. The zero-order valence-electron chi connectivity index (χ0n) is 15.5. The number of benzene rings is 1. The van der Waals surface area contributed by atoms with Gasteiger partial charge < -0.3 is 9.30 Å². The minimum Gasteiger partial charge on any atom is -0.383 e. The zero-order valence-corrected chi connectivity index (χ0v) is 15.5. The molecule has 1 aromatic carbocycles. The van der Waals surface area contributed by atoms with Crippen molar-refractivity contribution in [2.45, 2.75) is 26.9 Å². The van der Waals surface area contributed by atoms with Gasteiger partial charge in [-0.15, -0.1) is 0 Å². The highest BCUT2D eigenvalue weighted by atomic mass is 16.5. The summed E-state index contributed by atoms with van der Waals surface area (Å²) in [4.78, 5) is 31.9. The second-order valence-corrected chi connectivity index (χ2v) is 6.70. The Hall–Kier alpha value is -3.18. The van der Waals surface area contributed by atoms with E-state index >= 15 is 0 Å². The highest BCUT2D eigenvalue weighted by Crippen LogP contribution is 2.23. The minimum atomic E-state index is -0.474. The van der Waals surface area contributed by atoms with Gasteiger partial charge in [0.1, 0.15) is 5.82 Å². The van der Waals surface area contributed by atoms with Crippen molar-refractivity contribution >= 4 is 11.2 Å². The Bertz CT molecular complexity index is 1110. The third-order valence-electron chi connectivity index (χ3n) is 4.22. The van der Waals surface area contributed by atoms with Crippen molar-refractivity contribution in [2.24, 2.45) is 5.92 Å². The first-order valence-corrected chi connectivity index (χ1v) is 8.69. The predicted molar refractivity (Wildman–Crippen MR) is 101 cm³/mol. The molecule has 2 aromatic heterocycles. The monoisotopic (exact) mass is 367 g/mol. The Kier molecular flexibility index (Phi) is 5.23. The molecule has 3 aromatic rings. The molecule has 27 heavy (non-hydrogen) atoms. The van der Waals surface area contributed by atoms with Gasteiger partial charge in [0.25, 0.3) is 5.56 Å². The van der Waals surface area contributed by atoms with E-state index in [1.165, 1.54) is 4.57 Å². The smallest absolute Gasteiger partial charge is 0.330 e. The molecule has 0 saturated heterocycles. The fraction of sp³-hybridized carbons (Fsp3) is 0.368. The lowest BCUT2D eigenvalue weighted by Crippen LogP contribution is -2.32. The predicted octanol–water partition coefficient (Wildman–Crippen LogP) is 1.73. The molecule has 0 unspecified atom stereocenters. The molecule has 0 bridgehead atoms. The largest absolute Gasteiger partial charge is 0.383 e. The Morgan fingerprint density at radius 3 is 2.52 bits per heavy atom. The van der Waals surface area contributed by atoms with E-state index in [-0.39, 0.29) is 5.92 Å². The number of fused-ring (bicyclic) bond motifs is 1. The van der Waals surface area contributed by atoms with E-state index in [0.717, 1.165) is 5.56 Å². The molecule has 1 N–H and O–H groups in total. The van der Waals surface area contributed by atoms with E-state index in [1.54, 1.807) is 35.9 Å². The average Bonchev–Trinajstić information content (AvgIpc) is 3.03. The summed E-state index contributed by atoms with van der Waals surface area (Å²) in [6.07, 6.45) is 0. The highest BCUT2D eigenvalue weighted by molar-refractivity contribution is 5.77. The van der Waals surface area contributed by atoms with E-state index in [9.17, 15) is 9.59 Å². The number of ether oxygens (including phenoxy) is 1. The number of aromatic nitrogens is 4. The van der Waals surface area contributed by atoms with Gasteiger partial charge in [0.2, 0.25) is 0 Å². The maximum absolute atomic E-state index is 12.6. The topological polar surface area (TPSA) is 106 Å². The van der Waals surface area contributed by atoms with Crippen LogP contribution in [-0.2, 0) is 17.8 Å². The zero-order chi connectivity index (χ0) is 19.6. The summed E-state index contributed by atoms with van der Waals surface area (Å²) in [5, 5.41) is 9.00. The first-order valence-electron chi connectivity index (χ1n) is 8.69. The summed E-state index contributed by atoms with van der Waals surface area (Å²) in [7, 11) is 1.58. The first-order chi connectivity index (χ1) is 13.0. The van der Waals surface area contributed by atoms with Crippen LogP contribution in [0.5, 0.6) is 0 Å². The normalized spacial score (nSPS) is 11.2. The lowest BCUT2D eigenvalue weighted by atomic mass is 10.1. The molecule has 0 aliphatic rings. The second kappa shape index (κ2) is 7.60. The molecule has 0 atom stereocenters. The van der Waals surface area contributed by atoms with Crippen LogP contribution in [0.4, 0.5) is 0 Å². The standard InChI is InChI=1S/C19H21N5O3/c1-12(2)11-24-17-15(18(25)22-19(24)26)23(8-9-27-3)16(21-17)14-6-4-13(10-20)5-7-14/h4-7,12H,8-9,11H2,1-3H3,(H,22,25,26). The Labute approximate surface area is 155 Å². The van der Waals surface area contributed by atoms with Gasteiger partial charge in [-0.05, 0) is 30.2 Å². The fourth-order valence-corrected chi connectivity index (χ4v) is 3.02. The summed E-state index contributed by atoms with van der Waals surface area (Å²) in [5.74, 6) is 0.763. The van der Waals surface area contributed by atoms with Gasteiger partial charge in [-0.25, -0.2) is 9.78 Å². The fourth-order valence-electron chi connectivity index (χ4n) is 3.02. The molecule has 0 aliphatic heterocycles. The molecule has 2 heterocycles.